The van der Waals surface area contributed by atoms with Crippen molar-refractivity contribution in [3.63, 3.8) is 0 Å². The van der Waals surface area contributed by atoms with Crippen molar-refractivity contribution in [3.8, 4) is 45.5 Å². The van der Waals surface area contributed by atoms with Gasteiger partial charge in [-0.05, 0) is 172 Å². The molecule has 12 rings (SSSR count). The molecule has 2 aliphatic carbocycles. The van der Waals surface area contributed by atoms with Crippen LogP contribution >= 0.6 is 15.2 Å². The van der Waals surface area contributed by atoms with Crippen molar-refractivity contribution in [1.82, 2.24) is 46.4 Å². The van der Waals surface area contributed by atoms with E-state index >= 15 is 0 Å². The lowest BCUT2D eigenvalue weighted by Crippen LogP contribution is -2.60. The highest BCUT2D eigenvalue weighted by Gasteiger charge is 2.63. The summed E-state index contributed by atoms with van der Waals surface area (Å²) in [6.07, 6.45) is 2.15. The fraction of sp³-hybridized carbons (Fsp3) is 0.460. The number of nitrogens with one attached hydrogen (secondary N) is 5. The monoisotopic (exact) mass is 1870 g/mol. The van der Waals surface area contributed by atoms with Crippen molar-refractivity contribution >= 4 is 95.3 Å². The van der Waals surface area contributed by atoms with E-state index in [2.05, 4.69) is 39.7 Å². The Morgan fingerprint density at radius 1 is 0.519 bits per heavy atom. The Kier molecular flexibility index (Phi) is 34.3. The van der Waals surface area contributed by atoms with Crippen LogP contribution in [0.5, 0.6) is 23.0 Å². The molecule has 716 valence electrons. The number of hydrogen-bond acceptors (Lipinski definition) is 23. The fourth-order valence-corrected chi connectivity index (χ4v) is 19.1. The fourth-order valence-electron chi connectivity index (χ4n) is 15.9. The molecular formula is C100H130N10O21P2. The van der Waals surface area contributed by atoms with Gasteiger partial charge in [-0.2, -0.15) is 0 Å². The molecule has 2 aromatic heterocycles. The smallest absolute Gasteiger partial charge is 0.408 e. The number of carboxylic acids is 1. The topological polar surface area (TPSA) is 402 Å². The Morgan fingerprint density at radius 3 is 1.22 bits per heavy atom. The molecule has 0 spiro atoms. The number of pyridine rings is 2. The number of benzene rings is 6. The number of nitrogens with zero attached hydrogens (tertiary/aromatic N) is 4. The van der Waals surface area contributed by atoms with Gasteiger partial charge in [0, 0.05) is 77.4 Å². The molecule has 31 nitrogen and oxygen atoms in total. The predicted octanol–water partition coefficient (Wildman–Crippen LogP) is 14.9. The van der Waals surface area contributed by atoms with Gasteiger partial charge in [-0.25, -0.2) is 24.4 Å². The highest BCUT2D eigenvalue weighted by atomic mass is 31.2. The van der Waals surface area contributed by atoms with Gasteiger partial charge in [-0.1, -0.05) is 139 Å². The van der Waals surface area contributed by atoms with Crippen LogP contribution in [0.2, 0.25) is 0 Å². The average molecular weight is 1870 g/mol. The van der Waals surface area contributed by atoms with Crippen LogP contribution < -0.4 is 61.9 Å². The van der Waals surface area contributed by atoms with Gasteiger partial charge in [-0.3, -0.25) is 33.1 Å². The maximum absolute atomic E-state index is 14.9. The number of alkyl carbamates (subject to hydrolysis) is 2. The number of carbonyl (C=O) groups is 8. The van der Waals surface area contributed by atoms with Crippen LogP contribution in [0.3, 0.4) is 0 Å². The molecule has 8 aromatic rings. The van der Waals surface area contributed by atoms with Gasteiger partial charge in [0.1, 0.15) is 81.7 Å². The van der Waals surface area contributed by atoms with Crippen LogP contribution in [0.25, 0.3) is 44.3 Å². The second kappa shape index (κ2) is 44.1. The molecule has 4 unspecified atom stereocenters. The van der Waals surface area contributed by atoms with Gasteiger partial charge in [-0.15, -0.1) is 13.2 Å². The van der Waals surface area contributed by atoms with E-state index in [1.807, 2.05) is 148 Å². The lowest BCUT2D eigenvalue weighted by molar-refractivity contribution is -0.146. The molecule has 4 heterocycles. The number of likely N-dealkylation sites (tertiary alicyclic amines) is 2. The molecule has 0 bridgehead atoms. The molecule has 2 saturated heterocycles. The van der Waals surface area contributed by atoms with Crippen LogP contribution in [0.4, 0.5) is 9.59 Å². The number of methoxy groups -OCH3 is 2. The lowest BCUT2D eigenvalue weighted by atomic mass is 9.85. The first-order chi connectivity index (χ1) is 62.8. The Morgan fingerprint density at radius 2 is 0.887 bits per heavy atom. The third-order valence-corrected chi connectivity index (χ3v) is 27.1. The molecule has 4 fully saturated rings. The molecule has 10 atom stereocenters. The highest BCUT2D eigenvalue weighted by molar-refractivity contribution is 7.62. The summed E-state index contributed by atoms with van der Waals surface area (Å²) in [5.41, 5.74) is 5.73. The average Bonchev–Trinajstić information content (AvgIpc) is 1.58. The zero-order valence-electron chi connectivity index (χ0n) is 79.5. The third kappa shape index (κ3) is 26.3. The summed E-state index contributed by atoms with van der Waals surface area (Å²) in [7, 11) is -3.44. The number of aromatic nitrogens is 2. The SMILES string of the molecule is C=CC1C[C@]1(NC(=O)C1C[C@@H](Oc2cc(-c3ccccc3)nc3cc(OC)ccc23)CN1C(=O)[C@@H](NC(=O)OC(C)(C)C)C(C)(C)C)C(=O)NCCc1ccc(P(=O)(OCC)OCC)cc1.C=CC1C[C@]1(NC(=O)C1C[C@@H](Oc2cc(-c3ccccc3)nc3cc(OC)ccc23)CN1C(=O)[C@@H](NC(=O)OC(C)(C)C)C(C)(C)C)C(=O)O.CCOP(=O)(OCC)c1ccc(CCN)cc1. The number of ether oxygens (including phenoxy) is 6. The Balaban J connectivity index is 0.000000240. The maximum Gasteiger partial charge on any atom is 0.408 e. The van der Waals surface area contributed by atoms with Crippen molar-refractivity contribution in [2.45, 2.75) is 208 Å². The first kappa shape index (κ1) is 104. The van der Waals surface area contributed by atoms with E-state index in [1.165, 1.54) is 15.9 Å². The van der Waals surface area contributed by atoms with E-state index in [9.17, 15) is 52.6 Å². The quantitative estimate of drug-likeness (QED) is 0.0143. The predicted molar refractivity (Wildman–Crippen MR) is 511 cm³/mol. The number of carboxylic acid groups (broad SMARTS) is 1. The number of amides is 7. The highest BCUT2D eigenvalue weighted by Crippen LogP contribution is 2.50. The lowest BCUT2D eigenvalue weighted by Gasteiger charge is -2.36. The summed E-state index contributed by atoms with van der Waals surface area (Å²) in [6.45, 7) is 38.0. The first-order valence-electron chi connectivity index (χ1n) is 45.0. The second-order valence-electron chi connectivity index (χ2n) is 37.2. The van der Waals surface area contributed by atoms with E-state index in [4.69, 9.17) is 62.2 Å². The van der Waals surface area contributed by atoms with Crippen LogP contribution in [0.1, 0.15) is 148 Å². The largest absolute Gasteiger partial charge is 0.497 e. The Hall–Kier alpha value is -11.6. The third-order valence-electron chi connectivity index (χ3n) is 22.8. The number of hydrogen-bond donors (Lipinski definition) is 7. The summed E-state index contributed by atoms with van der Waals surface area (Å²) in [6, 6.07) is 43.9. The van der Waals surface area contributed by atoms with Crippen molar-refractivity contribution in [3.05, 3.63) is 194 Å². The zero-order chi connectivity index (χ0) is 97.3. The molecule has 4 aliphatic rings. The van der Waals surface area contributed by atoms with Crippen molar-refractivity contribution in [2.24, 2.45) is 28.4 Å². The van der Waals surface area contributed by atoms with Crippen molar-refractivity contribution in [2.75, 3.05) is 66.8 Å². The molecule has 2 saturated carbocycles. The zero-order valence-corrected chi connectivity index (χ0v) is 81.3. The molecule has 0 radical (unpaired) electrons. The number of carbonyl (C=O) groups excluding carboxylic acids is 7. The van der Waals surface area contributed by atoms with E-state index in [1.54, 1.807) is 141 Å². The minimum absolute atomic E-state index is 0.00634. The minimum atomic E-state index is -3.45. The van der Waals surface area contributed by atoms with Crippen LogP contribution in [0, 0.1) is 22.7 Å². The summed E-state index contributed by atoms with van der Waals surface area (Å²) in [4.78, 5) is 123. The van der Waals surface area contributed by atoms with Gasteiger partial charge in [0.25, 0.3) is 0 Å². The van der Waals surface area contributed by atoms with Gasteiger partial charge in [0.2, 0.25) is 29.5 Å². The van der Waals surface area contributed by atoms with Gasteiger partial charge >= 0.3 is 33.3 Å². The molecule has 8 N–H and O–H groups in total. The van der Waals surface area contributed by atoms with E-state index in [0.29, 0.717) is 99.4 Å². The van der Waals surface area contributed by atoms with Crippen molar-refractivity contribution < 1.29 is 99.1 Å². The number of aliphatic carboxylic acids is 1. The standard InChI is InChI=1S/C50H64N5O10P.C38H46N4O8.C12H20NO3P/c1-11-34-30-50(34,46(58)51-26-25-32-19-22-37(23-20-32)66(60,62-12-2)63-13-3)54-44(56)41-28-36(31-55(41)45(57)43(48(4,5)6)53-47(59)65-49(7,8)9)64-42-29-39(33-17-15-14-16-18-33)52-40-27-35(61-10)21-24-38(40)42;1-9-23-20-38(23,34(45)46)41-32(43)29-18-25(21-42(29)33(44)31(36(2,3)4)40-35(47)50-37(5,6)7)49-30-19-27(22-13-11-10-12-14-22)39-28-17-24(48-8)15-16-26(28)30;1-3-15-17(14,16-4-2)12-7-5-11(6-8-12)9-10-13/h11,14-24,27,29,34,36,41,43H,1,12-13,25-26,28,30-31H2,2-10H3,(H,51,58)(H,53,59)(H,54,56);9-17,19,23,25,29,31H,1,18,20-21H2,2-8H3,(H,40,47)(H,41,43)(H,45,46);5-8H,3-4,9-10,13H2,1-2H3/t34?,36-,41?,43-,50-;23?,25-,29?,31-,38-;/m11./s1. The van der Waals surface area contributed by atoms with Gasteiger partial charge < -0.3 is 93.7 Å². The van der Waals surface area contributed by atoms with Crippen LogP contribution in [0.15, 0.2) is 183 Å². The molecule has 33 heteroatoms. The first-order valence-corrected chi connectivity index (χ1v) is 48.0. The van der Waals surface area contributed by atoms with Crippen LogP contribution in [-0.4, -0.2) is 198 Å². The molecule has 2 aliphatic heterocycles. The number of rotatable bonds is 35. The molecule has 7 amide bonds. The second-order valence-corrected chi connectivity index (χ2v) is 41.3. The van der Waals surface area contributed by atoms with E-state index in [-0.39, 0.29) is 63.9 Å². The van der Waals surface area contributed by atoms with Gasteiger partial charge in [0.05, 0.1) is 86.8 Å². The van der Waals surface area contributed by atoms with Crippen molar-refractivity contribution in [1.29, 1.82) is 0 Å². The summed E-state index contributed by atoms with van der Waals surface area (Å²) >= 11 is 0. The number of fused-ring (bicyclic) bond motifs is 2. The Bertz CT molecular complexity index is 5550. The van der Waals surface area contributed by atoms with E-state index < -0.39 is 132 Å². The maximum atomic E-state index is 14.9. The minimum Gasteiger partial charge on any atom is -0.497 e. The molecule has 6 aromatic carbocycles. The normalized spacial score (nSPS) is 19.8. The van der Waals surface area contributed by atoms with E-state index in [0.717, 1.165) is 28.7 Å². The summed E-state index contributed by atoms with van der Waals surface area (Å²) < 4.78 is 82.5. The van der Waals surface area contributed by atoms with Gasteiger partial charge in [0.15, 0.2) is 0 Å². The molecular weight excluding hydrogens is 1740 g/mol. The summed E-state index contributed by atoms with van der Waals surface area (Å²) in [5.74, 6) is -2.36. The Labute approximate surface area is 779 Å². The van der Waals surface area contributed by atoms with Crippen LogP contribution in [-0.2, 0) is 78.3 Å². The summed E-state index contributed by atoms with van der Waals surface area (Å²) in [5, 5.41) is 26.7. The number of nitrogens with two attached hydrogens (primary N) is 1. The molecule has 133 heavy (non-hydrogen) atoms.